The minimum Gasteiger partial charge on any atom is -0.314 e. The van der Waals surface area contributed by atoms with E-state index < -0.39 is 0 Å². The number of nitrogens with one attached hydrogen (secondary N) is 1. The molecule has 0 aliphatic heterocycles. The van der Waals surface area contributed by atoms with Crippen molar-refractivity contribution in [1.82, 2.24) is 20.1 Å². The molecule has 4 nitrogen and oxygen atoms in total. The number of nitrogens with zero attached hydrogens (tertiary/aromatic N) is 3. The SMILES string of the molecule is Cc1nnc(CCNC2CC2)n1-c1ccccc1. The number of aryl methyl sites for hydroxylation is 1. The number of benzene rings is 1. The van der Waals surface area contributed by atoms with Gasteiger partial charge in [-0.1, -0.05) is 18.2 Å². The van der Waals surface area contributed by atoms with Crippen LogP contribution < -0.4 is 5.32 Å². The third-order valence-corrected chi connectivity index (χ3v) is 3.27. The molecule has 2 aromatic rings. The number of hydrogen-bond acceptors (Lipinski definition) is 3. The van der Waals surface area contributed by atoms with E-state index in [1.54, 1.807) is 0 Å². The molecule has 0 saturated heterocycles. The zero-order valence-corrected chi connectivity index (χ0v) is 10.6. The van der Waals surface area contributed by atoms with E-state index in [0.717, 1.165) is 36.3 Å². The smallest absolute Gasteiger partial charge is 0.138 e. The van der Waals surface area contributed by atoms with Crippen LogP contribution in [-0.4, -0.2) is 27.4 Å². The van der Waals surface area contributed by atoms with E-state index >= 15 is 0 Å². The highest BCUT2D eigenvalue weighted by Crippen LogP contribution is 2.18. The third kappa shape index (κ3) is 2.43. The van der Waals surface area contributed by atoms with Gasteiger partial charge in [-0.25, -0.2) is 0 Å². The van der Waals surface area contributed by atoms with Crippen LogP contribution in [0.1, 0.15) is 24.5 Å². The van der Waals surface area contributed by atoms with Gasteiger partial charge in [-0.3, -0.25) is 4.57 Å². The van der Waals surface area contributed by atoms with Crippen molar-refractivity contribution in [1.29, 1.82) is 0 Å². The quantitative estimate of drug-likeness (QED) is 0.870. The molecule has 4 heteroatoms. The van der Waals surface area contributed by atoms with Gasteiger partial charge >= 0.3 is 0 Å². The van der Waals surface area contributed by atoms with E-state index in [1.807, 2.05) is 25.1 Å². The van der Waals surface area contributed by atoms with Crippen LogP contribution in [0.25, 0.3) is 5.69 Å². The predicted molar refractivity (Wildman–Crippen MR) is 70.8 cm³/mol. The minimum absolute atomic E-state index is 0.749. The molecule has 0 unspecified atom stereocenters. The normalized spacial score (nSPS) is 14.9. The van der Waals surface area contributed by atoms with Crippen molar-refractivity contribution in [2.45, 2.75) is 32.2 Å². The molecule has 3 rings (SSSR count). The Kier molecular flexibility index (Phi) is 3.11. The van der Waals surface area contributed by atoms with Crippen molar-refractivity contribution in [3.63, 3.8) is 0 Å². The molecular weight excluding hydrogens is 224 g/mol. The molecule has 18 heavy (non-hydrogen) atoms. The van der Waals surface area contributed by atoms with Gasteiger partial charge < -0.3 is 5.32 Å². The first kappa shape index (κ1) is 11.4. The lowest BCUT2D eigenvalue weighted by molar-refractivity contribution is 0.659. The average molecular weight is 242 g/mol. The Morgan fingerprint density at radius 3 is 2.72 bits per heavy atom. The second-order valence-corrected chi connectivity index (χ2v) is 4.81. The van der Waals surface area contributed by atoms with Gasteiger partial charge in [-0.2, -0.15) is 0 Å². The summed E-state index contributed by atoms with van der Waals surface area (Å²) in [6.07, 6.45) is 3.57. The zero-order chi connectivity index (χ0) is 12.4. The molecule has 0 bridgehead atoms. The second-order valence-electron chi connectivity index (χ2n) is 4.81. The lowest BCUT2D eigenvalue weighted by Crippen LogP contribution is -2.20. The predicted octanol–water partition coefficient (Wildman–Crippen LogP) is 1.87. The summed E-state index contributed by atoms with van der Waals surface area (Å²) in [6.45, 7) is 2.98. The first-order valence-electron chi connectivity index (χ1n) is 6.54. The summed E-state index contributed by atoms with van der Waals surface area (Å²) >= 11 is 0. The maximum atomic E-state index is 4.28. The van der Waals surface area contributed by atoms with Crippen LogP contribution in [0, 0.1) is 6.92 Å². The Bertz CT molecular complexity index is 514. The summed E-state index contributed by atoms with van der Waals surface area (Å²) in [5.74, 6) is 1.98. The molecule has 1 aromatic carbocycles. The van der Waals surface area contributed by atoms with Crippen LogP contribution in [0.3, 0.4) is 0 Å². The van der Waals surface area contributed by atoms with Crippen molar-refractivity contribution < 1.29 is 0 Å². The van der Waals surface area contributed by atoms with Gasteiger partial charge in [0.1, 0.15) is 11.6 Å². The first-order chi connectivity index (χ1) is 8.84. The van der Waals surface area contributed by atoms with Gasteiger partial charge in [0.25, 0.3) is 0 Å². The topological polar surface area (TPSA) is 42.7 Å². The van der Waals surface area contributed by atoms with Crippen LogP contribution in [0.4, 0.5) is 0 Å². The average Bonchev–Trinajstić information content (AvgIpc) is 3.14. The van der Waals surface area contributed by atoms with Crippen molar-refractivity contribution in [2.75, 3.05) is 6.54 Å². The first-order valence-corrected chi connectivity index (χ1v) is 6.54. The second kappa shape index (κ2) is 4.90. The van der Waals surface area contributed by atoms with E-state index in [-0.39, 0.29) is 0 Å². The summed E-state index contributed by atoms with van der Waals surface area (Å²) < 4.78 is 2.13. The van der Waals surface area contributed by atoms with Gasteiger partial charge in [0.05, 0.1) is 0 Å². The molecule has 1 heterocycles. The molecule has 0 atom stereocenters. The summed E-state index contributed by atoms with van der Waals surface area (Å²) in [4.78, 5) is 0. The van der Waals surface area contributed by atoms with Crippen LogP contribution in [0.15, 0.2) is 30.3 Å². The summed E-state index contributed by atoms with van der Waals surface area (Å²) in [5.41, 5.74) is 1.14. The summed E-state index contributed by atoms with van der Waals surface area (Å²) in [6, 6.07) is 11.0. The summed E-state index contributed by atoms with van der Waals surface area (Å²) in [7, 11) is 0. The fourth-order valence-electron chi connectivity index (χ4n) is 2.16. The molecule has 0 amide bonds. The molecule has 94 valence electrons. The number of hydrogen-bond donors (Lipinski definition) is 1. The maximum Gasteiger partial charge on any atom is 0.138 e. The Hall–Kier alpha value is -1.68. The number of para-hydroxylation sites is 1. The van der Waals surface area contributed by atoms with E-state index in [2.05, 4.69) is 32.2 Å². The molecule has 1 saturated carbocycles. The van der Waals surface area contributed by atoms with Crippen molar-refractivity contribution in [2.24, 2.45) is 0 Å². The Labute approximate surface area is 107 Å². The third-order valence-electron chi connectivity index (χ3n) is 3.27. The number of aromatic nitrogens is 3. The van der Waals surface area contributed by atoms with E-state index in [1.165, 1.54) is 12.8 Å². The van der Waals surface area contributed by atoms with Gasteiger partial charge in [-0.05, 0) is 31.9 Å². The monoisotopic (exact) mass is 242 g/mol. The lowest BCUT2D eigenvalue weighted by Gasteiger charge is -2.08. The largest absolute Gasteiger partial charge is 0.314 e. The van der Waals surface area contributed by atoms with Gasteiger partial charge in [0, 0.05) is 24.7 Å². The fourth-order valence-corrected chi connectivity index (χ4v) is 2.16. The highest BCUT2D eigenvalue weighted by Gasteiger charge is 2.20. The van der Waals surface area contributed by atoms with Gasteiger partial charge in [-0.15, -0.1) is 10.2 Å². The Morgan fingerprint density at radius 2 is 2.00 bits per heavy atom. The molecule has 1 aliphatic carbocycles. The molecule has 1 fully saturated rings. The lowest BCUT2D eigenvalue weighted by atomic mass is 10.3. The van der Waals surface area contributed by atoms with E-state index in [9.17, 15) is 0 Å². The molecule has 0 spiro atoms. The van der Waals surface area contributed by atoms with Crippen LogP contribution in [-0.2, 0) is 6.42 Å². The van der Waals surface area contributed by atoms with E-state index in [4.69, 9.17) is 0 Å². The van der Waals surface area contributed by atoms with Crippen LogP contribution in [0.2, 0.25) is 0 Å². The Balaban J connectivity index is 1.77. The summed E-state index contributed by atoms with van der Waals surface area (Å²) in [5, 5.41) is 12.0. The maximum absolute atomic E-state index is 4.28. The molecule has 1 aromatic heterocycles. The molecule has 0 radical (unpaired) electrons. The molecular formula is C14H18N4. The standard InChI is InChI=1S/C14H18N4/c1-11-16-17-14(9-10-15-12-7-8-12)18(11)13-5-3-2-4-6-13/h2-6,12,15H,7-10H2,1H3. The number of rotatable bonds is 5. The van der Waals surface area contributed by atoms with Crippen molar-refractivity contribution >= 4 is 0 Å². The molecule has 1 aliphatic rings. The highest BCUT2D eigenvalue weighted by atomic mass is 15.3. The van der Waals surface area contributed by atoms with Crippen molar-refractivity contribution in [3.05, 3.63) is 42.0 Å². The van der Waals surface area contributed by atoms with Crippen LogP contribution >= 0.6 is 0 Å². The fraction of sp³-hybridized carbons (Fsp3) is 0.429. The van der Waals surface area contributed by atoms with Gasteiger partial charge in [0.2, 0.25) is 0 Å². The zero-order valence-electron chi connectivity index (χ0n) is 10.6. The minimum atomic E-state index is 0.749. The highest BCUT2D eigenvalue weighted by molar-refractivity contribution is 5.33. The van der Waals surface area contributed by atoms with Crippen molar-refractivity contribution in [3.8, 4) is 5.69 Å². The Morgan fingerprint density at radius 1 is 1.22 bits per heavy atom. The van der Waals surface area contributed by atoms with Crippen LogP contribution in [0.5, 0.6) is 0 Å². The van der Waals surface area contributed by atoms with E-state index in [0.29, 0.717) is 0 Å². The molecule has 1 N–H and O–H groups in total. The van der Waals surface area contributed by atoms with Gasteiger partial charge in [0.15, 0.2) is 0 Å².